The van der Waals surface area contributed by atoms with E-state index in [0.29, 0.717) is 25.1 Å². The molecule has 20 heavy (non-hydrogen) atoms. The van der Waals surface area contributed by atoms with E-state index in [-0.39, 0.29) is 5.92 Å². The first-order valence-corrected chi connectivity index (χ1v) is 7.70. The van der Waals surface area contributed by atoms with Crippen molar-refractivity contribution in [3.05, 3.63) is 29.6 Å². The van der Waals surface area contributed by atoms with Gasteiger partial charge in [0.1, 0.15) is 17.5 Å². The Morgan fingerprint density at radius 1 is 1.20 bits per heavy atom. The summed E-state index contributed by atoms with van der Waals surface area (Å²) in [7, 11) is -4.39. The van der Waals surface area contributed by atoms with Crippen molar-refractivity contribution in [3.63, 3.8) is 0 Å². The van der Waals surface area contributed by atoms with Crippen LogP contribution in [0.1, 0.15) is 19.3 Å². The highest BCUT2D eigenvalue weighted by Gasteiger charge is 2.33. The number of halogens is 3. The lowest BCUT2D eigenvalue weighted by Crippen LogP contribution is -2.40. The van der Waals surface area contributed by atoms with Gasteiger partial charge in [-0.05, 0) is 25.3 Å². The van der Waals surface area contributed by atoms with E-state index in [0.717, 1.165) is 12.8 Å². The zero-order chi connectivity index (χ0) is 14.9. The number of benzene rings is 1. The van der Waals surface area contributed by atoms with Crippen LogP contribution in [0.4, 0.5) is 13.2 Å². The van der Waals surface area contributed by atoms with Crippen LogP contribution < -0.4 is 10.5 Å². The van der Waals surface area contributed by atoms with Gasteiger partial charge in [-0.2, -0.15) is 0 Å². The Morgan fingerprint density at radius 3 is 2.35 bits per heavy atom. The maximum atomic E-state index is 13.5. The molecule has 1 aromatic carbocycles. The van der Waals surface area contributed by atoms with Crippen LogP contribution in [0, 0.1) is 23.4 Å². The number of rotatable bonds is 4. The van der Waals surface area contributed by atoms with Gasteiger partial charge in [0.05, 0.1) is 0 Å². The summed E-state index contributed by atoms with van der Waals surface area (Å²) in [6.07, 6.45) is 2.12. The Morgan fingerprint density at radius 2 is 1.80 bits per heavy atom. The molecule has 0 heterocycles. The summed E-state index contributed by atoms with van der Waals surface area (Å²) in [4.78, 5) is -1.15. The van der Waals surface area contributed by atoms with Gasteiger partial charge < -0.3 is 5.73 Å². The molecular formula is C12H15F3N2O2S. The fraction of sp³-hybridized carbons (Fsp3) is 0.500. The lowest BCUT2D eigenvalue weighted by molar-refractivity contribution is 0.445. The van der Waals surface area contributed by atoms with Crippen LogP contribution >= 0.6 is 0 Å². The van der Waals surface area contributed by atoms with Gasteiger partial charge in [0.25, 0.3) is 0 Å². The number of hydrogen-bond donors (Lipinski definition) is 2. The van der Waals surface area contributed by atoms with Gasteiger partial charge in [-0.25, -0.2) is 26.3 Å². The molecular weight excluding hydrogens is 293 g/mol. The summed E-state index contributed by atoms with van der Waals surface area (Å²) in [5.41, 5.74) is 5.53. The standard InChI is InChI=1S/C12H15F3N2O2S/c13-8-4-9(14)12(10(15)5-8)20(18,19)17-11-3-1-2-7(11)6-16/h4-5,7,11,17H,1-3,6,16H2. The van der Waals surface area contributed by atoms with Crippen molar-refractivity contribution in [1.29, 1.82) is 0 Å². The number of nitrogens with two attached hydrogens (primary N) is 1. The summed E-state index contributed by atoms with van der Waals surface area (Å²) in [6, 6.07) is 0.230. The summed E-state index contributed by atoms with van der Waals surface area (Å²) in [6.45, 7) is 0.293. The second-order valence-corrected chi connectivity index (χ2v) is 6.50. The predicted octanol–water partition coefficient (Wildman–Crippen LogP) is 1.51. The molecule has 0 aromatic heterocycles. The molecule has 1 aliphatic carbocycles. The molecule has 1 fully saturated rings. The summed E-state index contributed by atoms with van der Waals surface area (Å²) in [5, 5.41) is 0. The molecule has 0 aliphatic heterocycles. The topological polar surface area (TPSA) is 72.2 Å². The zero-order valence-electron chi connectivity index (χ0n) is 10.6. The van der Waals surface area contributed by atoms with Crippen LogP contribution in [0.15, 0.2) is 17.0 Å². The molecule has 8 heteroatoms. The van der Waals surface area contributed by atoms with E-state index in [2.05, 4.69) is 4.72 Å². The van der Waals surface area contributed by atoms with Crippen LogP contribution in [0.5, 0.6) is 0 Å². The minimum absolute atomic E-state index is 0.0589. The Balaban J connectivity index is 2.32. The van der Waals surface area contributed by atoms with Gasteiger partial charge in [-0.15, -0.1) is 0 Å². The molecule has 0 bridgehead atoms. The van der Waals surface area contributed by atoms with Gasteiger partial charge in [-0.1, -0.05) is 6.42 Å². The molecule has 1 aliphatic rings. The monoisotopic (exact) mass is 308 g/mol. The fourth-order valence-electron chi connectivity index (χ4n) is 2.52. The molecule has 0 amide bonds. The average Bonchev–Trinajstić information content (AvgIpc) is 2.73. The molecule has 2 atom stereocenters. The molecule has 4 nitrogen and oxygen atoms in total. The SMILES string of the molecule is NCC1CCCC1NS(=O)(=O)c1c(F)cc(F)cc1F. The quantitative estimate of drug-likeness (QED) is 0.885. The highest BCUT2D eigenvalue weighted by molar-refractivity contribution is 7.89. The second-order valence-electron chi connectivity index (χ2n) is 4.85. The molecule has 0 spiro atoms. The molecule has 0 radical (unpaired) electrons. The van der Waals surface area contributed by atoms with Crippen LogP contribution in [0.3, 0.4) is 0 Å². The van der Waals surface area contributed by atoms with E-state index < -0.39 is 38.4 Å². The predicted molar refractivity (Wildman–Crippen MR) is 66.8 cm³/mol. The van der Waals surface area contributed by atoms with Crippen molar-refractivity contribution in [2.75, 3.05) is 6.54 Å². The van der Waals surface area contributed by atoms with Crippen LogP contribution in [0.25, 0.3) is 0 Å². The summed E-state index contributed by atoms with van der Waals surface area (Å²) in [5.74, 6) is -4.12. The highest BCUT2D eigenvalue weighted by Crippen LogP contribution is 2.27. The minimum atomic E-state index is -4.39. The van der Waals surface area contributed by atoms with Gasteiger partial charge in [0, 0.05) is 18.2 Å². The third kappa shape index (κ3) is 2.97. The number of hydrogen-bond acceptors (Lipinski definition) is 3. The van der Waals surface area contributed by atoms with E-state index in [1.54, 1.807) is 0 Å². The zero-order valence-corrected chi connectivity index (χ0v) is 11.4. The van der Waals surface area contributed by atoms with Crippen molar-refractivity contribution in [3.8, 4) is 0 Å². The summed E-state index contributed by atoms with van der Waals surface area (Å²) < 4.78 is 66.2. The summed E-state index contributed by atoms with van der Waals surface area (Å²) >= 11 is 0. The first-order chi connectivity index (χ1) is 9.35. The largest absolute Gasteiger partial charge is 0.330 e. The van der Waals surface area contributed by atoms with E-state index in [1.807, 2.05) is 0 Å². The molecule has 0 saturated heterocycles. The molecule has 1 saturated carbocycles. The van der Waals surface area contributed by atoms with Crippen molar-refractivity contribution < 1.29 is 21.6 Å². The normalized spacial score (nSPS) is 23.2. The van der Waals surface area contributed by atoms with E-state index in [4.69, 9.17) is 5.73 Å². The van der Waals surface area contributed by atoms with E-state index in [9.17, 15) is 21.6 Å². The Hall–Kier alpha value is -1.12. The molecule has 112 valence electrons. The Kier molecular flexibility index (Phi) is 4.36. The molecule has 1 aromatic rings. The van der Waals surface area contributed by atoms with Crippen molar-refractivity contribution in [2.45, 2.75) is 30.2 Å². The van der Waals surface area contributed by atoms with E-state index >= 15 is 0 Å². The van der Waals surface area contributed by atoms with Gasteiger partial charge >= 0.3 is 0 Å². The molecule has 3 N–H and O–H groups in total. The Labute approximate surface area is 115 Å². The van der Waals surface area contributed by atoms with Gasteiger partial charge in [-0.3, -0.25) is 0 Å². The third-order valence-electron chi connectivity index (χ3n) is 3.50. The maximum absolute atomic E-state index is 13.5. The van der Waals surface area contributed by atoms with Crippen LogP contribution in [-0.2, 0) is 10.0 Å². The van der Waals surface area contributed by atoms with Crippen LogP contribution in [0.2, 0.25) is 0 Å². The first-order valence-electron chi connectivity index (χ1n) is 6.22. The average molecular weight is 308 g/mol. The number of sulfonamides is 1. The van der Waals surface area contributed by atoms with E-state index in [1.165, 1.54) is 0 Å². The van der Waals surface area contributed by atoms with Crippen molar-refractivity contribution in [1.82, 2.24) is 4.72 Å². The first kappa shape index (κ1) is 15.3. The Bertz CT molecular complexity index is 584. The lowest BCUT2D eigenvalue weighted by atomic mass is 10.1. The van der Waals surface area contributed by atoms with Gasteiger partial charge in [0.2, 0.25) is 10.0 Å². The van der Waals surface area contributed by atoms with Gasteiger partial charge in [0.15, 0.2) is 4.90 Å². The fourth-order valence-corrected chi connectivity index (χ4v) is 3.98. The lowest BCUT2D eigenvalue weighted by Gasteiger charge is -2.19. The smallest absolute Gasteiger partial charge is 0.246 e. The van der Waals surface area contributed by atoms with Crippen LogP contribution in [-0.4, -0.2) is 21.0 Å². The minimum Gasteiger partial charge on any atom is -0.330 e. The third-order valence-corrected chi connectivity index (χ3v) is 5.04. The van der Waals surface area contributed by atoms with Crippen molar-refractivity contribution >= 4 is 10.0 Å². The molecule has 2 rings (SSSR count). The second kappa shape index (κ2) is 5.71. The number of nitrogens with one attached hydrogen (secondary N) is 1. The van der Waals surface area contributed by atoms with Crippen molar-refractivity contribution in [2.24, 2.45) is 11.7 Å². The maximum Gasteiger partial charge on any atom is 0.246 e. The highest BCUT2D eigenvalue weighted by atomic mass is 32.2. The molecule has 2 unspecified atom stereocenters.